The molecule has 0 saturated carbocycles. The van der Waals surface area contributed by atoms with Crippen LogP contribution in [0.4, 0.5) is 24.7 Å². The summed E-state index contributed by atoms with van der Waals surface area (Å²) in [6.07, 6.45) is -0.339. The Labute approximate surface area is 173 Å². The number of halogens is 3. The Bertz CT molecular complexity index is 1360. The average Bonchev–Trinajstić information content (AvgIpc) is 3.07. The molecule has 0 fully saturated rings. The van der Waals surface area contributed by atoms with E-state index in [4.69, 9.17) is 4.74 Å². The van der Waals surface area contributed by atoms with Gasteiger partial charge in [0.1, 0.15) is 24.3 Å². The minimum Gasteiger partial charge on any atom is -0.475 e. The number of nitrogens with zero attached hydrogens (tertiary/aromatic N) is 6. The van der Waals surface area contributed by atoms with Gasteiger partial charge in [-0.2, -0.15) is 13.2 Å². The first-order valence-electron chi connectivity index (χ1n) is 9.48. The van der Waals surface area contributed by atoms with Crippen LogP contribution in [-0.4, -0.2) is 38.5 Å². The Hall–Kier alpha value is -3.95. The van der Waals surface area contributed by atoms with E-state index in [2.05, 4.69) is 24.8 Å². The molecule has 31 heavy (non-hydrogen) atoms. The predicted octanol–water partition coefficient (Wildman–Crippen LogP) is 4.13. The highest BCUT2D eigenvalue weighted by atomic mass is 19.4. The summed E-state index contributed by atoms with van der Waals surface area (Å²) in [6.45, 7) is 1.05. The molecule has 0 N–H and O–H groups in total. The van der Waals surface area contributed by atoms with Gasteiger partial charge >= 0.3 is 6.18 Å². The van der Waals surface area contributed by atoms with E-state index >= 15 is 0 Å². The average molecular weight is 422 g/mol. The number of aliphatic imine (C=N–C) groups is 1. The Morgan fingerprint density at radius 3 is 2.71 bits per heavy atom. The van der Waals surface area contributed by atoms with Crippen molar-refractivity contribution in [2.75, 3.05) is 18.1 Å². The summed E-state index contributed by atoms with van der Waals surface area (Å²) in [6, 6.07) is 10.2. The SMILES string of the molecule is FC(F)(F)c1ccc(-n2ccc3cc(N4CCOc5ncnc6c5C4=N6)ccc32)nc1. The zero-order chi connectivity index (χ0) is 21.2. The lowest BCUT2D eigenvalue weighted by atomic mass is 10.1. The molecule has 0 atom stereocenters. The van der Waals surface area contributed by atoms with E-state index < -0.39 is 11.7 Å². The number of amidine groups is 1. The smallest absolute Gasteiger partial charge is 0.417 e. The van der Waals surface area contributed by atoms with E-state index in [1.165, 1.54) is 12.4 Å². The Morgan fingerprint density at radius 1 is 1.00 bits per heavy atom. The summed E-state index contributed by atoms with van der Waals surface area (Å²) in [7, 11) is 0. The van der Waals surface area contributed by atoms with Gasteiger partial charge in [-0.25, -0.2) is 19.9 Å². The molecule has 2 aliphatic rings. The topological polar surface area (TPSA) is 68.4 Å². The maximum absolute atomic E-state index is 12.8. The van der Waals surface area contributed by atoms with Crippen LogP contribution in [0.5, 0.6) is 5.88 Å². The molecule has 154 valence electrons. The zero-order valence-corrected chi connectivity index (χ0v) is 15.8. The molecule has 0 amide bonds. The fraction of sp³-hybridized carbons (Fsp3) is 0.143. The van der Waals surface area contributed by atoms with E-state index in [1.807, 2.05) is 24.3 Å². The molecular formula is C21H13F3N6O. The molecule has 0 radical (unpaired) electrons. The van der Waals surface area contributed by atoms with Crippen molar-refractivity contribution >= 4 is 28.2 Å². The highest BCUT2D eigenvalue weighted by molar-refractivity contribution is 6.20. The molecule has 4 aromatic rings. The number of pyridine rings is 1. The monoisotopic (exact) mass is 422 g/mol. The highest BCUT2D eigenvalue weighted by Crippen LogP contribution is 2.38. The van der Waals surface area contributed by atoms with Crippen molar-refractivity contribution in [2.45, 2.75) is 6.18 Å². The number of hydrogen-bond acceptors (Lipinski definition) is 6. The van der Waals surface area contributed by atoms with E-state index in [9.17, 15) is 13.2 Å². The third-order valence-electron chi connectivity index (χ3n) is 5.34. The number of alkyl halides is 3. The molecule has 3 aromatic heterocycles. The van der Waals surface area contributed by atoms with Gasteiger partial charge in [0.2, 0.25) is 5.88 Å². The van der Waals surface area contributed by atoms with Crippen molar-refractivity contribution in [2.24, 2.45) is 4.99 Å². The fourth-order valence-corrected chi connectivity index (χ4v) is 3.83. The third kappa shape index (κ3) is 2.75. The second-order valence-corrected chi connectivity index (χ2v) is 7.14. The van der Waals surface area contributed by atoms with Crippen molar-refractivity contribution in [3.8, 4) is 11.7 Å². The molecule has 0 bridgehead atoms. The molecule has 1 aromatic carbocycles. The molecule has 0 saturated heterocycles. The number of hydrogen-bond donors (Lipinski definition) is 0. The third-order valence-corrected chi connectivity index (χ3v) is 5.34. The maximum atomic E-state index is 12.8. The van der Waals surface area contributed by atoms with Gasteiger partial charge in [0, 0.05) is 23.5 Å². The Balaban J connectivity index is 1.36. The lowest BCUT2D eigenvalue weighted by molar-refractivity contribution is -0.137. The Kier molecular flexibility index (Phi) is 3.62. The molecular weight excluding hydrogens is 409 g/mol. The van der Waals surface area contributed by atoms with Gasteiger partial charge < -0.3 is 14.2 Å². The van der Waals surface area contributed by atoms with Crippen LogP contribution in [0.1, 0.15) is 11.1 Å². The molecule has 10 heteroatoms. The van der Waals surface area contributed by atoms with Gasteiger partial charge in [0.15, 0.2) is 11.7 Å². The van der Waals surface area contributed by atoms with Crippen LogP contribution in [-0.2, 0) is 6.18 Å². The van der Waals surface area contributed by atoms with Crippen LogP contribution in [0.3, 0.4) is 0 Å². The van der Waals surface area contributed by atoms with E-state index in [0.29, 0.717) is 30.7 Å². The fourth-order valence-electron chi connectivity index (χ4n) is 3.83. The van der Waals surface area contributed by atoms with Gasteiger partial charge in [0.25, 0.3) is 0 Å². The van der Waals surface area contributed by atoms with Gasteiger partial charge in [0.05, 0.1) is 17.6 Å². The summed E-state index contributed by atoms with van der Waals surface area (Å²) < 4.78 is 45.9. The van der Waals surface area contributed by atoms with Crippen LogP contribution in [0, 0.1) is 0 Å². The van der Waals surface area contributed by atoms with Crippen molar-refractivity contribution in [1.29, 1.82) is 0 Å². The van der Waals surface area contributed by atoms with Crippen LogP contribution < -0.4 is 9.64 Å². The second-order valence-electron chi connectivity index (χ2n) is 7.14. The van der Waals surface area contributed by atoms with Crippen LogP contribution in [0.25, 0.3) is 16.7 Å². The number of ether oxygens (including phenoxy) is 1. The summed E-state index contributed by atoms with van der Waals surface area (Å²) in [5, 5.41) is 0.925. The summed E-state index contributed by atoms with van der Waals surface area (Å²) in [4.78, 5) is 18.9. The van der Waals surface area contributed by atoms with Crippen molar-refractivity contribution in [1.82, 2.24) is 19.5 Å². The minimum atomic E-state index is -4.41. The quantitative estimate of drug-likeness (QED) is 0.486. The first kappa shape index (κ1) is 17.9. The second kappa shape index (κ2) is 6.27. The largest absolute Gasteiger partial charge is 0.475 e. The standard InChI is InChI=1S/C21H13F3N6O/c22-21(23,24)13-1-4-16(25-10-13)30-6-5-12-9-14(2-3-15(12)30)29-7-8-31-20-17-18(26-11-27-20)28-19(17)29/h1-6,9-11H,7-8H2. The Morgan fingerprint density at radius 2 is 1.90 bits per heavy atom. The van der Waals surface area contributed by atoms with E-state index in [-0.39, 0.29) is 0 Å². The summed E-state index contributed by atoms with van der Waals surface area (Å²) >= 11 is 0. The molecule has 6 rings (SSSR count). The van der Waals surface area contributed by atoms with Gasteiger partial charge in [-0.3, -0.25) is 0 Å². The highest BCUT2D eigenvalue weighted by Gasteiger charge is 2.34. The molecule has 0 spiro atoms. The zero-order valence-electron chi connectivity index (χ0n) is 15.8. The van der Waals surface area contributed by atoms with Gasteiger partial charge in [-0.05, 0) is 36.4 Å². The van der Waals surface area contributed by atoms with Gasteiger partial charge in [-0.1, -0.05) is 0 Å². The molecule has 7 nitrogen and oxygen atoms in total. The van der Waals surface area contributed by atoms with Gasteiger partial charge in [-0.15, -0.1) is 0 Å². The van der Waals surface area contributed by atoms with Crippen LogP contribution >= 0.6 is 0 Å². The van der Waals surface area contributed by atoms with Crippen LogP contribution in [0.2, 0.25) is 0 Å². The maximum Gasteiger partial charge on any atom is 0.417 e. The van der Waals surface area contributed by atoms with E-state index in [0.717, 1.165) is 40.3 Å². The molecule has 0 aliphatic carbocycles. The van der Waals surface area contributed by atoms with Crippen molar-refractivity contribution in [3.05, 3.63) is 66.2 Å². The minimum absolute atomic E-state index is 0.415. The molecule has 5 heterocycles. The van der Waals surface area contributed by atoms with E-state index in [1.54, 1.807) is 10.8 Å². The molecule has 2 aliphatic heterocycles. The normalized spacial score (nSPS) is 15.1. The number of fused-ring (bicyclic) bond motifs is 1. The first-order valence-corrected chi connectivity index (χ1v) is 9.48. The number of anilines is 1. The lowest BCUT2D eigenvalue weighted by Gasteiger charge is -2.28. The number of benzene rings is 1. The number of aromatic nitrogens is 4. The predicted molar refractivity (Wildman–Crippen MR) is 107 cm³/mol. The summed E-state index contributed by atoms with van der Waals surface area (Å²) in [5.74, 6) is 2.34. The van der Waals surface area contributed by atoms with Crippen LogP contribution in [0.15, 0.2) is 60.1 Å². The lowest BCUT2D eigenvalue weighted by Crippen LogP contribution is -2.35. The molecule has 0 unspecified atom stereocenters. The first-order chi connectivity index (χ1) is 15.0. The van der Waals surface area contributed by atoms with Crippen molar-refractivity contribution in [3.63, 3.8) is 0 Å². The number of rotatable bonds is 2. The summed E-state index contributed by atoms with van der Waals surface area (Å²) in [5.41, 5.74) is 1.80. The van der Waals surface area contributed by atoms with Crippen molar-refractivity contribution < 1.29 is 17.9 Å².